The van der Waals surface area contributed by atoms with E-state index in [9.17, 15) is 0 Å². The van der Waals surface area contributed by atoms with Crippen molar-refractivity contribution in [1.82, 2.24) is 0 Å². The summed E-state index contributed by atoms with van der Waals surface area (Å²) in [6.45, 7) is 7.08. The molecule has 1 radical (unpaired) electrons. The van der Waals surface area contributed by atoms with E-state index in [-0.39, 0.29) is 0 Å². The molecule has 0 aromatic carbocycles. The van der Waals surface area contributed by atoms with Crippen LogP contribution in [0.15, 0.2) is 0 Å². The summed E-state index contributed by atoms with van der Waals surface area (Å²) in [4.78, 5) is 0. The van der Waals surface area contributed by atoms with Gasteiger partial charge in [-0.05, 0) is 6.42 Å². The lowest BCUT2D eigenvalue weighted by Gasteiger charge is -2.06. The van der Waals surface area contributed by atoms with E-state index in [1.165, 1.54) is 0 Å². The molecular formula is C8H17O3. The molecule has 1 unspecified atom stereocenters. The van der Waals surface area contributed by atoms with Crippen LogP contribution in [-0.4, -0.2) is 31.2 Å². The van der Waals surface area contributed by atoms with Crippen LogP contribution in [0.2, 0.25) is 0 Å². The highest BCUT2D eigenvalue weighted by Gasteiger charge is 1.93. The second-order valence-electron chi connectivity index (χ2n) is 2.29. The lowest BCUT2D eigenvalue weighted by molar-refractivity contribution is -0.0830. The number of rotatable bonds is 7. The maximum atomic E-state index is 8.57. The summed E-state index contributed by atoms with van der Waals surface area (Å²) in [6, 6.07) is 0. The van der Waals surface area contributed by atoms with Crippen LogP contribution in [0.5, 0.6) is 0 Å². The van der Waals surface area contributed by atoms with Crippen molar-refractivity contribution >= 4 is 0 Å². The average Bonchev–Trinajstić information content (AvgIpc) is 1.96. The molecule has 11 heavy (non-hydrogen) atoms. The number of hydrogen-bond acceptors (Lipinski definition) is 3. The summed E-state index contributed by atoms with van der Waals surface area (Å²) in [7, 11) is 0. The van der Waals surface area contributed by atoms with Crippen LogP contribution >= 0.6 is 0 Å². The van der Waals surface area contributed by atoms with Crippen molar-refractivity contribution in [2.75, 3.05) is 19.8 Å². The van der Waals surface area contributed by atoms with Gasteiger partial charge < -0.3 is 14.6 Å². The van der Waals surface area contributed by atoms with Crippen molar-refractivity contribution in [2.45, 2.75) is 26.1 Å². The molecule has 67 valence electrons. The number of hydrogen-bond donors (Lipinski definition) is 1. The number of ether oxygens (including phenoxy) is 2. The first kappa shape index (κ1) is 10.9. The van der Waals surface area contributed by atoms with E-state index in [4.69, 9.17) is 14.6 Å². The van der Waals surface area contributed by atoms with Crippen molar-refractivity contribution in [1.29, 1.82) is 0 Å². The standard InChI is InChI=1S/C8H17O3/c1-3-4-5-10-6-7-11-8(2)9/h8-9H,2-7H2,1H3. The van der Waals surface area contributed by atoms with Crippen LogP contribution in [0.4, 0.5) is 0 Å². The Morgan fingerprint density at radius 2 is 2.09 bits per heavy atom. The van der Waals surface area contributed by atoms with Gasteiger partial charge in [-0.1, -0.05) is 13.3 Å². The zero-order chi connectivity index (χ0) is 8.53. The van der Waals surface area contributed by atoms with Gasteiger partial charge in [-0.25, -0.2) is 0 Å². The highest BCUT2D eigenvalue weighted by Crippen LogP contribution is 1.88. The van der Waals surface area contributed by atoms with Gasteiger partial charge in [-0.3, -0.25) is 0 Å². The topological polar surface area (TPSA) is 38.7 Å². The predicted octanol–water partition coefficient (Wildman–Crippen LogP) is 0.972. The molecule has 3 heteroatoms. The van der Waals surface area contributed by atoms with Gasteiger partial charge in [0.15, 0.2) is 6.29 Å². The van der Waals surface area contributed by atoms with Crippen LogP contribution in [0.1, 0.15) is 19.8 Å². The second kappa shape index (κ2) is 7.98. The molecular weight excluding hydrogens is 144 g/mol. The molecule has 0 bridgehead atoms. The molecule has 1 atom stereocenters. The molecule has 0 spiro atoms. The van der Waals surface area contributed by atoms with E-state index in [1.807, 2.05) is 0 Å². The minimum absolute atomic E-state index is 0.411. The summed E-state index contributed by atoms with van der Waals surface area (Å²) in [5, 5.41) is 8.57. The van der Waals surface area contributed by atoms with E-state index >= 15 is 0 Å². The summed E-state index contributed by atoms with van der Waals surface area (Å²) >= 11 is 0. The van der Waals surface area contributed by atoms with Crippen LogP contribution in [0.3, 0.4) is 0 Å². The summed E-state index contributed by atoms with van der Waals surface area (Å²) in [5.41, 5.74) is 0. The molecule has 0 heterocycles. The number of aliphatic hydroxyl groups is 1. The largest absolute Gasteiger partial charge is 0.379 e. The molecule has 0 saturated heterocycles. The fraction of sp³-hybridized carbons (Fsp3) is 0.875. The number of aliphatic hydroxyl groups excluding tert-OH is 1. The first-order valence-corrected chi connectivity index (χ1v) is 3.98. The zero-order valence-corrected chi connectivity index (χ0v) is 7.08. The second-order valence-corrected chi connectivity index (χ2v) is 2.29. The minimum Gasteiger partial charge on any atom is -0.379 e. The Morgan fingerprint density at radius 1 is 1.36 bits per heavy atom. The predicted molar refractivity (Wildman–Crippen MR) is 43.0 cm³/mol. The van der Waals surface area contributed by atoms with E-state index < -0.39 is 6.29 Å². The SMILES string of the molecule is [CH2]C(O)OCCOCCCC. The van der Waals surface area contributed by atoms with Crippen molar-refractivity contribution in [3.8, 4) is 0 Å². The maximum Gasteiger partial charge on any atom is 0.154 e. The van der Waals surface area contributed by atoms with Crippen molar-refractivity contribution in [3.63, 3.8) is 0 Å². The van der Waals surface area contributed by atoms with E-state index in [2.05, 4.69) is 13.8 Å². The molecule has 0 amide bonds. The average molecular weight is 161 g/mol. The molecule has 3 nitrogen and oxygen atoms in total. The Morgan fingerprint density at radius 3 is 2.64 bits per heavy atom. The third-order valence-electron chi connectivity index (χ3n) is 1.18. The molecule has 0 aromatic rings. The Bertz CT molecular complexity index is 73.7. The zero-order valence-electron chi connectivity index (χ0n) is 7.08. The van der Waals surface area contributed by atoms with Crippen molar-refractivity contribution < 1.29 is 14.6 Å². The van der Waals surface area contributed by atoms with Crippen LogP contribution in [0.25, 0.3) is 0 Å². The first-order valence-electron chi connectivity index (χ1n) is 3.98. The van der Waals surface area contributed by atoms with Gasteiger partial charge in [0.2, 0.25) is 0 Å². The fourth-order valence-electron chi connectivity index (χ4n) is 0.592. The van der Waals surface area contributed by atoms with Crippen LogP contribution in [-0.2, 0) is 9.47 Å². The third kappa shape index (κ3) is 9.88. The van der Waals surface area contributed by atoms with Gasteiger partial charge in [-0.2, -0.15) is 0 Å². The third-order valence-corrected chi connectivity index (χ3v) is 1.18. The molecule has 0 aliphatic heterocycles. The lowest BCUT2D eigenvalue weighted by Crippen LogP contribution is -2.12. The Balaban J connectivity index is 2.80. The minimum atomic E-state index is -0.926. The van der Waals surface area contributed by atoms with Crippen LogP contribution < -0.4 is 0 Å². The molecule has 0 saturated carbocycles. The van der Waals surface area contributed by atoms with Gasteiger partial charge in [0.1, 0.15) is 0 Å². The molecule has 0 aliphatic carbocycles. The van der Waals surface area contributed by atoms with Gasteiger partial charge in [0.25, 0.3) is 0 Å². The Hall–Kier alpha value is -0.120. The molecule has 0 aromatic heterocycles. The smallest absolute Gasteiger partial charge is 0.154 e. The van der Waals surface area contributed by atoms with E-state index in [0.29, 0.717) is 13.2 Å². The van der Waals surface area contributed by atoms with Gasteiger partial charge in [0.05, 0.1) is 13.2 Å². The van der Waals surface area contributed by atoms with E-state index in [1.54, 1.807) is 0 Å². The monoisotopic (exact) mass is 161 g/mol. The van der Waals surface area contributed by atoms with Crippen molar-refractivity contribution in [2.24, 2.45) is 0 Å². The first-order chi connectivity index (χ1) is 5.27. The summed E-state index contributed by atoms with van der Waals surface area (Å²) in [5.74, 6) is 0. The molecule has 0 fully saturated rings. The highest BCUT2D eigenvalue weighted by molar-refractivity contribution is 4.39. The summed E-state index contributed by atoms with van der Waals surface area (Å²) in [6.07, 6.45) is 1.29. The normalized spacial score (nSPS) is 13.4. The fourth-order valence-corrected chi connectivity index (χ4v) is 0.592. The van der Waals surface area contributed by atoms with Crippen LogP contribution in [0, 0.1) is 6.92 Å². The van der Waals surface area contributed by atoms with Crippen molar-refractivity contribution in [3.05, 3.63) is 6.92 Å². The lowest BCUT2D eigenvalue weighted by atomic mass is 10.4. The van der Waals surface area contributed by atoms with Gasteiger partial charge in [0, 0.05) is 13.5 Å². The summed E-state index contributed by atoms with van der Waals surface area (Å²) < 4.78 is 9.90. The molecule has 1 N–H and O–H groups in total. The van der Waals surface area contributed by atoms with Gasteiger partial charge >= 0.3 is 0 Å². The molecule has 0 rings (SSSR count). The van der Waals surface area contributed by atoms with E-state index in [0.717, 1.165) is 19.4 Å². The van der Waals surface area contributed by atoms with Gasteiger partial charge in [-0.15, -0.1) is 0 Å². The number of unbranched alkanes of at least 4 members (excludes halogenated alkanes) is 1. The molecule has 0 aliphatic rings. The Kier molecular flexibility index (Phi) is 7.89. The highest BCUT2D eigenvalue weighted by atomic mass is 16.6. The maximum absolute atomic E-state index is 8.57. The quantitative estimate of drug-likeness (QED) is 0.446. The Labute approximate surface area is 68.3 Å².